The predicted molar refractivity (Wildman–Crippen MR) is 70.5 cm³/mol. The van der Waals surface area contributed by atoms with Crippen LogP contribution in [0.4, 0.5) is 0 Å². The van der Waals surface area contributed by atoms with Gasteiger partial charge in [0.2, 0.25) is 0 Å². The van der Waals surface area contributed by atoms with Gasteiger partial charge in [-0.2, -0.15) is 0 Å². The van der Waals surface area contributed by atoms with Crippen LogP contribution in [0.3, 0.4) is 0 Å². The maximum atomic E-state index is 6.58. The van der Waals surface area contributed by atoms with Gasteiger partial charge >= 0.3 is 0 Å². The maximum absolute atomic E-state index is 6.58. The molecule has 0 spiro atoms. The number of hydrogen-bond donors (Lipinski definition) is 1. The molecule has 5 saturated carbocycles. The summed E-state index contributed by atoms with van der Waals surface area (Å²) in [5, 5.41) is 0. The van der Waals surface area contributed by atoms with Crippen LogP contribution in [0.1, 0.15) is 58.3 Å². The molecule has 0 amide bonds. The first-order valence-electron chi connectivity index (χ1n) is 7.98. The first-order chi connectivity index (χ1) is 8.19. The van der Waals surface area contributed by atoms with E-state index in [0.717, 1.165) is 35.5 Å². The Morgan fingerprint density at radius 3 is 1.94 bits per heavy atom. The lowest BCUT2D eigenvalue weighted by Gasteiger charge is -2.57. The van der Waals surface area contributed by atoms with Gasteiger partial charge in [-0.3, -0.25) is 0 Å². The molecule has 5 rings (SSSR count). The number of nitrogens with two attached hydrogens (primary N) is 1. The van der Waals surface area contributed by atoms with Gasteiger partial charge in [-0.1, -0.05) is 13.3 Å². The van der Waals surface area contributed by atoms with E-state index in [1.54, 1.807) is 32.1 Å². The van der Waals surface area contributed by atoms with E-state index in [0.29, 0.717) is 0 Å². The van der Waals surface area contributed by atoms with E-state index in [-0.39, 0.29) is 5.54 Å². The Morgan fingerprint density at radius 1 is 1.00 bits per heavy atom. The van der Waals surface area contributed by atoms with Gasteiger partial charge in [0.25, 0.3) is 0 Å². The average Bonchev–Trinajstić information content (AvgIpc) is 3.01. The quantitative estimate of drug-likeness (QED) is 0.792. The van der Waals surface area contributed by atoms with E-state index in [9.17, 15) is 0 Å². The molecule has 1 nitrogen and oxygen atoms in total. The Labute approximate surface area is 106 Å². The van der Waals surface area contributed by atoms with Crippen molar-refractivity contribution < 1.29 is 0 Å². The Balaban J connectivity index is 1.61. The van der Waals surface area contributed by atoms with Crippen LogP contribution < -0.4 is 5.73 Å². The summed E-state index contributed by atoms with van der Waals surface area (Å²) >= 11 is 0. The van der Waals surface area contributed by atoms with Crippen LogP contribution in [-0.2, 0) is 0 Å². The van der Waals surface area contributed by atoms with E-state index >= 15 is 0 Å². The van der Waals surface area contributed by atoms with Gasteiger partial charge in [-0.05, 0) is 80.5 Å². The molecule has 0 aliphatic heterocycles. The lowest BCUT2D eigenvalue weighted by atomic mass is 9.48. The summed E-state index contributed by atoms with van der Waals surface area (Å²) in [6.45, 7) is 2.39. The minimum Gasteiger partial charge on any atom is -0.325 e. The van der Waals surface area contributed by atoms with Gasteiger partial charge in [0, 0.05) is 5.54 Å². The molecule has 96 valence electrons. The normalized spacial score (nSPS) is 51.5. The molecular weight excluding hydrogens is 206 g/mol. The first kappa shape index (κ1) is 10.8. The van der Waals surface area contributed by atoms with E-state index in [4.69, 9.17) is 5.73 Å². The molecule has 0 saturated heterocycles. The fourth-order valence-corrected chi connectivity index (χ4v) is 6.20. The molecule has 1 atom stereocenters. The van der Waals surface area contributed by atoms with E-state index < -0.39 is 0 Å². The SMILES string of the molecule is CCC(C1C2CC3CC(C2)CC1C3)C1(N)CC1. The lowest BCUT2D eigenvalue weighted by molar-refractivity contribution is -0.0690. The largest absolute Gasteiger partial charge is 0.325 e. The second-order valence-electron chi connectivity index (χ2n) is 7.76. The van der Waals surface area contributed by atoms with Crippen molar-refractivity contribution in [1.82, 2.24) is 0 Å². The second kappa shape index (κ2) is 3.50. The summed E-state index contributed by atoms with van der Waals surface area (Å²) in [5.74, 6) is 6.23. The van der Waals surface area contributed by atoms with Crippen molar-refractivity contribution in [3.8, 4) is 0 Å². The highest BCUT2D eigenvalue weighted by Gasteiger charge is 2.56. The van der Waals surface area contributed by atoms with Crippen molar-refractivity contribution in [2.45, 2.75) is 63.8 Å². The fraction of sp³-hybridized carbons (Fsp3) is 1.00. The topological polar surface area (TPSA) is 26.0 Å². The zero-order valence-corrected chi connectivity index (χ0v) is 11.2. The smallest absolute Gasteiger partial charge is 0.0187 e. The third-order valence-corrected chi connectivity index (χ3v) is 6.77. The monoisotopic (exact) mass is 233 g/mol. The van der Waals surface area contributed by atoms with Crippen LogP contribution in [0.15, 0.2) is 0 Å². The van der Waals surface area contributed by atoms with E-state index in [1.165, 1.54) is 19.3 Å². The molecule has 5 aliphatic rings. The molecule has 2 N–H and O–H groups in total. The van der Waals surface area contributed by atoms with Gasteiger partial charge in [-0.15, -0.1) is 0 Å². The summed E-state index contributed by atoms with van der Waals surface area (Å²) in [5.41, 5.74) is 6.85. The standard InChI is InChI=1S/C16H27N/c1-2-14(16(17)3-4-16)15-12-6-10-5-11(8-12)9-13(15)7-10/h10-15H,2-9,17H2,1H3. The van der Waals surface area contributed by atoms with Crippen LogP contribution in [-0.4, -0.2) is 5.54 Å². The fourth-order valence-electron chi connectivity index (χ4n) is 6.20. The molecule has 4 bridgehead atoms. The Morgan fingerprint density at radius 2 is 1.53 bits per heavy atom. The summed E-state index contributed by atoms with van der Waals surface area (Å²) in [6, 6.07) is 0. The Kier molecular flexibility index (Phi) is 2.23. The number of hydrogen-bond acceptors (Lipinski definition) is 1. The van der Waals surface area contributed by atoms with Gasteiger partial charge in [0.05, 0.1) is 0 Å². The predicted octanol–water partition coefficient (Wildman–Crippen LogP) is 3.58. The van der Waals surface area contributed by atoms with Gasteiger partial charge in [-0.25, -0.2) is 0 Å². The summed E-state index contributed by atoms with van der Waals surface area (Å²) < 4.78 is 0. The molecule has 1 unspecified atom stereocenters. The number of rotatable bonds is 3. The van der Waals surface area contributed by atoms with Crippen LogP contribution in [0, 0.1) is 35.5 Å². The highest BCUT2D eigenvalue weighted by atomic mass is 14.8. The molecule has 0 aromatic heterocycles. The molecule has 0 aromatic carbocycles. The Bertz CT molecular complexity index is 289. The van der Waals surface area contributed by atoms with Crippen LogP contribution in [0.2, 0.25) is 0 Å². The molecule has 5 fully saturated rings. The van der Waals surface area contributed by atoms with E-state index in [1.807, 2.05) is 0 Å². The molecule has 1 heteroatoms. The summed E-state index contributed by atoms with van der Waals surface area (Å²) in [4.78, 5) is 0. The minimum absolute atomic E-state index is 0.273. The Hall–Kier alpha value is -0.0400. The zero-order valence-electron chi connectivity index (χ0n) is 11.2. The molecule has 0 aromatic rings. The summed E-state index contributed by atoms with van der Waals surface area (Å²) in [6.07, 6.45) is 11.8. The van der Waals surface area contributed by atoms with Crippen molar-refractivity contribution in [1.29, 1.82) is 0 Å². The van der Waals surface area contributed by atoms with Crippen LogP contribution in [0.5, 0.6) is 0 Å². The summed E-state index contributed by atoms with van der Waals surface area (Å²) in [7, 11) is 0. The average molecular weight is 233 g/mol. The highest BCUT2D eigenvalue weighted by Crippen LogP contribution is 2.61. The van der Waals surface area contributed by atoms with Crippen LogP contribution in [0.25, 0.3) is 0 Å². The lowest BCUT2D eigenvalue weighted by Crippen LogP contribution is -2.51. The van der Waals surface area contributed by atoms with Gasteiger partial charge in [0.15, 0.2) is 0 Å². The van der Waals surface area contributed by atoms with Crippen molar-refractivity contribution in [3.05, 3.63) is 0 Å². The molecule has 5 aliphatic carbocycles. The van der Waals surface area contributed by atoms with Crippen LogP contribution >= 0.6 is 0 Å². The van der Waals surface area contributed by atoms with Gasteiger partial charge < -0.3 is 5.73 Å². The van der Waals surface area contributed by atoms with Crippen molar-refractivity contribution in [2.24, 2.45) is 41.2 Å². The molecule has 0 heterocycles. The maximum Gasteiger partial charge on any atom is 0.0187 e. The molecule has 0 radical (unpaired) electrons. The third-order valence-electron chi connectivity index (χ3n) is 6.77. The molecule has 17 heavy (non-hydrogen) atoms. The van der Waals surface area contributed by atoms with Crippen molar-refractivity contribution in [3.63, 3.8) is 0 Å². The molecular formula is C16H27N. The van der Waals surface area contributed by atoms with Gasteiger partial charge in [0.1, 0.15) is 0 Å². The minimum atomic E-state index is 0.273. The van der Waals surface area contributed by atoms with Crippen molar-refractivity contribution >= 4 is 0 Å². The second-order valence-corrected chi connectivity index (χ2v) is 7.76. The zero-order chi connectivity index (χ0) is 11.6. The van der Waals surface area contributed by atoms with Crippen molar-refractivity contribution in [2.75, 3.05) is 0 Å². The highest BCUT2D eigenvalue weighted by molar-refractivity contribution is 5.10. The third kappa shape index (κ3) is 1.54. The first-order valence-corrected chi connectivity index (χ1v) is 7.98. The van der Waals surface area contributed by atoms with E-state index in [2.05, 4.69) is 6.92 Å².